The van der Waals surface area contributed by atoms with Gasteiger partial charge >= 0.3 is 0 Å². The first-order chi connectivity index (χ1) is 15.3. The summed E-state index contributed by atoms with van der Waals surface area (Å²) in [6.07, 6.45) is 1.69. The van der Waals surface area contributed by atoms with Gasteiger partial charge < -0.3 is 10.1 Å². The van der Waals surface area contributed by atoms with E-state index >= 15 is 0 Å². The number of rotatable bonds is 7. The van der Waals surface area contributed by atoms with E-state index in [1.54, 1.807) is 36.4 Å². The van der Waals surface area contributed by atoms with Crippen LogP contribution in [0.15, 0.2) is 59.1 Å². The highest BCUT2D eigenvalue weighted by Crippen LogP contribution is 2.31. The Morgan fingerprint density at radius 2 is 1.69 bits per heavy atom. The summed E-state index contributed by atoms with van der Waals surface area (Å²) in [5.74, 6) is -0.245. The summed E-state index contributed by atoms with van der Waals surface area (Å²) in [5.41, 5.74) is 1.32. The van der Waals surface area contributed by atoms with Gasteiger partial charge in [0.15, 0.2) is 0 Å². The molecule has 2 aromatic rings. The minimum Gasteiger partial charge on any atom is -0.494 e. The number of nitrogens with one attached hydrogen (secondary N) is 1. The number of carbonyl (C=O) groups is 2. The highest BCUT2D eigenvalue weighted by Gasteiger charge is 2.37. The van der Waals surface area contributed by atoms with Gasteiger partial charge in [-0.15, -0.1) is 0 Å². The van der Waals surface area contributed by atoms with Crippen LogP contribution in [0.3, 0.4) is 0 Å². The Balaban J connectivity index is 1.69. The lowest BCUT2D eigenvalue weighted by molar-refractivity contribution is -0.135. The van der Waals surface area contributed by atoms with Gasteiger partial charge in [-0.05, 0) is 55.7 Å². The maximum atomic E-state index is 12.9. The summed E-state index contributed by atoms with van der Waals surface area (Å²) in [7, 11) is -2.19. The van der Waals surface area contributed by atoms with Crippen molar-refractivity contribution in [3.05, 3.63) is 59.8 Å². The zero-order valence-corrected chi connectivity index (χ0v) is 18.8. The minimum absolute atomic E-state index is 0.109. The fraction of sp³-hybridized carbons (Fsp3) is 0.304. The Labute approximate surface area is 187 Å². The SMILES string of the molecule is CCOc1ccc(C2=C(Nc3cccc(S(=O)(=O)N4CCCC4)c3)C(=O)N(C)C2=O)cc1. The zero-order chi connectivity index (χ0) is 22.9. The number of anilines is 1. The molecule has 9 heteroatoms. The number of imide groups is 1. The van der Waals surface area contributed by atoms with Crippen LogP contribution in [0.2, 0.25) is 0 Å². The van der Waals surface area contributed by atoms with Crippen molar-refractivity contribution in [2.24, 2.45) is 0 Å². The normalized spacial score (nSPS) is 17.4. The lowest BCUT2D eigenvalue weighted by Crippen LogP contribution is -2.28. The van der Waals surface area contributed by atoms with Gasteiger partial charge in [-0.1, -0.05) is 18.2 Å². The van der Waals surface area contributed by atoms with Crippen LogP contribution in [0.1, 0.15) is 25.3 Å². The van der Waals surface area contributed by atoms with E-state index in [4.69, 9.17) is 4.74 Å². The molecule has 0 unspecified atom stereocenters. The fourth-order valence-corrected chi connectivity index (χ4v) is 5.43. The monoisotopic (exact) mass is 455 g/mol. The Morgan fingerprint density at radius 1 is 1.00 bits per heavy atom. The summed E-state index contributed by atoms with van der Waals surface area (Å²) in [5, 5.41) is 3.00. The molecule has 1 fully saturated rings. The van der Waals surface area contributed by atoms with Gasteiger partial charge in [-0.2, -0.15) is 4.31 Å². The van der Waals surface area contributed by atoms with Gasteiger partial charge in [-0.25, -0.2) is 8.42 Å². The van der Waals surface area contributed by atoms with E-state index in [2.05, 4.69) is 5.32 Å². The van der Waals surface area contributed by atoms with Gasteiger partial charge in [0.05, 0.1) is 17.1 Å². The number of carbonyl (C=O) groups excluding carboxylic acids is 2. The average molecular weight is 456 g/mol. The third-order valence-corrected chi connectivity index (χ3v) is 7.44. The molecule has 8 nitrogen and oxygen atoms in total. The van der Waals surface area contributed by atoms with E-state index in [1.807, 2.05) is 6.92 Å². The molecular weight excluding hydrogens is 430 g/mol. The van der Waals surface area contributed by atoms with Crippen LogP contribution in [0.4, 0.5) is 5.69 Å². The molecule has 1 saturated heterocycles. The molecule has 168 valence electrons. The van der Waals surface area contributed by atoms with Crippen molar-refractivity contribution in [2.75, 3.05) is 32.1 Å². The van der Waals surface area contributed by atoms with Gasteiger partial charge in [0.1, 0.15) is 11.4 Å². The predicted molar refractivity (Wildman–Crippen MR) is 120 cm³/mol. The van der Waals surface area contributed by atoms with Crippen molar-refractivity contribution in [1.29, 1.82) is 0 Å². The zero-order valence-electron chi connectivity index (χ0n) is 18.0. The molecule has 0 bridgehead atoms. The van der Waals surface area contributed by atoms with Gasteiger partial charge in [0.25, 0.3) is 11.8 Å². The van der Waals surface area contributed by atoms with Crippen molar-refractivity contribution in [1.82, 2.24) is 9.21 Å². The van der Waals surface area contributed by atoms with Crippen LogP contribution in [0, 0.1) is 0 Å². The molecule has 4 rings (SSSR count). The summed E-state index contributed by atoms with van der Waals surface area (Å²) in [4.78, 5) is 26.8. The highest BCUT2D eigenvalue weighted by atomic mass is 32.2. The summed E-state index contributed by atoms with van der Waals surface area (Å²) < 4.78 is 32.7. The maximum Gasteiger partial charge on any atom is 0.277 e. The minimum atomic E-state index is -3.60. The molecule has 0 aromatic heterocycles. The summed E-state index contributed by atoms with van der Waals surface area (Å²) in [6, 6.07) is 13.2. The van der Waals surface area contributed by atoms with Gasteiger partial charge in [0.2, 0.25) is 10.0 Å². The van der Waals surface area contributed by atoms with Crippen molar-refractivity contribution in [3.8, 4) is 5.75 Å². The number of amides is 2. The van der Waals surface area contributed by atoms with E-state index in [1.165, 1.54) is 23.5 Å². The molecule has 2 amide bonds. The quantitative estimate of drug-likeness (QED) is 0.645. The van der Waals surface area contributed by atoms with Crippen molar-refractivity contribution in [2.45, 2.75) is 24.7 Å². The molecule has 2 aromatic carbocycles. The van der Waals surface area contributed by atoms with E-state index in [0.717, 1.165) is 17.7 Å². The molecule has 0 atom stereocenters. The number of hydrogen-bond acceptors (Lipinski definition) is 6. The highest BCUT2D eigenvalue weighted by molar-refractivity contribution is 7.89. The van der Waals surface area contributed by atoms with Gasteiger partial charge in [-0.3, -0.25) is 14.5 Å². The second-order valence-electron chi connectivity index (χ2n) is 7.64. The van der Waals surface area contributed by atoms with Crippen LogP contribution in [0.25, 0.3) is 5.57 Å². The van der Waals surface area contributed by atoms with Crippen LogP contribution in [0.5, 0.6) is 5.75 Å². The Bertz CT molecular complexity index is 1180. The van der Waals surface area contributed by atoms with Crippen LogP contribution < -0.4 is 10.1 Å². The number of benzene rings is 2. The van der Waals surface area contributed by atoms with E-state index in [-0.39, 0.29) is 16.2 Å². The standard InChI is InChI=1S/C23H25N3O5S/c1-3-31-18-11-9-16(10-12-18)20-21(23(28)25(2)22(20)27)24-17-7-6-8-19(15-17)32(29,30)26-13-4-5-14-26/h6-12,15,24H,3-5,13-14H2,1-2H3. The average Bonchev–Trinajstić information content (AvgIpc) is 3.40. The van der Waals surface area contributed by atoms with E-state index in [0.29, 0.717) is 36.7 Å². The summed E-state index contributed by atoms with van der Waals surface area (Å²) in [6.45, 7) is 3.41. The van der Waals surface area contributed by atoms with Crippen LogP contribution in [-0.2, 0) is 19.6 Å². The number of sulfonamides is 1. The molecule has 2 aliphatic rings. The Kier molecular flexibility index (Phi) is 6.03. The van der Waals surface area contributed by atoms with E-state index < -0.39 is 21.8 Å². The van der Waals surface area contributed by atoms with Gasteiger partial charge in [0, 0.05) is 25.8 Å². The number of nitrogens with zero attached hydrogens (tertiary/aromatic N) is 2. The molecule has 0 spiro atoms. The third kappa shape index (κ3) is 4.01. The van der Waals surface area contributed by atoms with Crippen LogP contribution in [-0.4, -0.2) is 56.2 Å². The fourth-order valence-electron chi connectivity index (χ4n) is 3.87. The third-order valence-electron chi connectivity index (χ3n) is 5.55. The lowest BCUT2D eigenvalue weighted by Gasteiger charge is -2.16. The first-order valence-electron chi connectivity index (χ1n) is 10.5. The van der Waals surface area contributed by atoms with Crippen LogP contribution >= 0.6 is 0 Å². The molecule has 1 N–H and O–H groups in total. The van der Waals surface area contributed by atoms with Crippen molar-refractivity contribution in [3.63, 3.8) is 0 Å². The molecule has 0 saturated carbocycles. The molecule has 32 heavy (non-hydrogen) atoms. The second-order valence-corrected chi connectivity index (χ2v) is 9.58. The van der Waals surface area contributed by atoms with Crippen molar-refractivity contribution < 1.29 is 22.7 Å². The number of likely N-dealkylation sites (N-methyl/N-ethyl adjacent to an activating group) is 1. The largest absolute Gasteiger partial charge is 0.494 e. The summed E-state index contributed by atoms with van der Waals surface area (Å²) >= 11 is 0. The Morgan fingerprint density at radius 3 is 2.34 bits per heavy atom. The number of ether oxygens (including phenoxy) is 1. The second kappa shape index (κ2) is 8.76. The van der Waals surface area contributed by atoms with Crippen molar-refractivity contribution >= 4 is 33.1 Å². The molecule has 0 aliphatic carbocycles. The lowest BCUT2D eigenvalue weighted by atomic mass is 10.0. The Hall–Kier alpha value is -3.17. The molecular formula is C23H25N3O5S. The number of hydrogen-bond donors (Lipinski definition) is 1. The molecule has 0 radical (unpaired) electrons. The molecule has 2 heterocycles. The topological polar surface area (TPSA) is 96.0 Å². The first-order valence-corrected chi connectivity index (χ1v) is 11.9. The first kappa shape index (κ1) is 22.0. The smallest absolute Gasteiger partial charge is 0.277 e. The predicted octanol–water partition coefficient (Wildman–Crippen LogP) is 2.69. The maximum absolute atomic E-state index is 12.9. The van der Waals surface area contributed by atoms with E-state index in [9.17, 15) is 18.0 Å². The molecule has 2 aliphatic heterocycles.